The van der Waals surface area contributed by atoms with Gasteiger partial charge in [-0.3, -0.25) is 4.79 Å². The van der Waals surface area contributed by atoms with Crippen LogP contribution in [0.5, 0.6) is 0 Å². The number of unbranched alkanes of at least 4 members (excludes halogenated alkanes) is 6. The molecule has 0 amide bonds. The molecule has 0 aliphatic rings. The van der Waals surface area contributed by atoms with Crippen LogP contribution in [0.2, 0.25) is 0 Å². The van der Waals surface area contributed by atoms with Crippen LogP contribution < -0.4 is 0 Å². The maximum absolute atomic E-state index is 10.5. The first kappa shape index (κ1) is 17.4. The highest BCUT2D eigenvalue weighted by Crippen LogP contribution is 2.15. The quantitative estimate of drug-likeness (QED) is 0.295. The van der Waals surface area contributed by atoms with Crippen molar-refractivity contribution in [2.45, 2.75) is 63.1 Å². The first-order valence-corrected chi connectivity index (χ1v) is 8.54. The number of alkyl halides is 2. The zero-order chi connectivity index (χ0) is 12.9. The van der Waals surface area contributed by atoms with E-state index < -0.39 is 0 Å². The van der Waals surface area contributed by atoms with E-state index in [1.807, 2.05) is 0 Å². The number of ether oxygens (including phenoxy) is 1. The van der Waals surface area contributed by atoms with Crippen molar-refractivity contribution in [3.05, 3.63) is 0 Å². The summed E-state index contributed by atoms with van der Waals surface area (Å²) in [5.74, 6) is -0.166. The fourth-order valence-corrected chi connectivity index (χ4v) is 2.29. The van der Waals surface area contributed by atoms with Gasteiger partial charge in [-0.15, -0.1) is 0 Å². The second kappa shape index (κ2) is 12.9. The summed E-state index contributed by atoms with van der Waals surface area (Å²) in [6.45, 7) is 2.05. The van der Waals surface area contributed by atoms with Crippen LogP contribution >= 0.6 is 31.9 Å². The molecule has 0 saturated carbocycles. The molecule has 0 fully saturated rings. The van der Waals surface area contributed by atoms with Gasteiger partial charge in [0.25, 0.3) is 0 Å². The molecule has 0 N–H and O–H groups in total. The Balaban J connectivity index is 3.01. The fourth-order valence-electron chi connectivity index (χ4n) is 1.64. The number of hydrogen-bond donors (Lipinski definition) is 0. The summed E-state index contributed by atoms with van der Waals surface area (Å²) in [5, 5.41) is 1.04. The standard InChI is InChI=1S/C13H24Br2O2/c1-12(16)17-10-8-6-4-2-3-5-7-9-13(15)11-14/h13H,2-11H2,1H3. The molecule has 0 saturated heterocycles. The molecule has 0 aromatic rings. The average Bonchev–Trinajstić information content (AvgIpc) is 2.30. The summed E-state index contributed by atoms with van der Waals surface area (Å²) in [4.78, 5) is 11.1. The van der Waals surface area contributed by atoms with E-state index in [2.05, 4.69) is 31.9 Å². The Bertz CT molecular complexity index is 186. The molecular weight excluding hydrogens is 348 g/mol. The molecule has 1 unspecified atom stereocenters. The highest BCUT2D eigenvalue weighted by Gasteiger charge is 2.00. The van der Waals surface area contributed by atoms with Gasteiger partial charge < -0.3 is 4.74 Å². The summed E-state index contributed by atoms with van der Waals surface area (Å²) in [6, 6.07) is 0. The monoisotopic (exact) mass is 370 g/mol. The van der Waals surface area contributed by atoms with Crippen molar-refractivity contribution in [1.82, 2.24) is 0 Å². The van der Waals surface area contributed by atoms with Gasteiger partial charge in [0.2, 0.25) is 0 Å². The van der Waals surface area contributed by atoms with Gasteiger partial charge in [0.1, 0.15) is 0 Å². The minimum atomic E-state index is -0.166. The molecule has 0 aliphatic heterocycles. The number of hydrogen-bond acceptors (Lipinski definition) is 2. The minimum Gasteiger partial charge on any atom is -0.466 e. The SMILES string of the molecule is CC(=O)OCCCCCCCCCC(Br)CBr. The van der Waals surface area contributed by atoms with Crippen molar-refractivity contribution in [3.63, 3.8) is 0 Å². The molecule has 0 bridgehead atoms. The average molecular weight is 372 g/mol. The molecule has 0 radical (unpaired) electrons. The van der Waals surface area contributed by atoms with Gasteiger partial charge in [-0.2, -0.15) is 0 Å². The lowest BCUT2D eigenvalue weighted by Gasteiger charge is -2.05. The van der Waals surface area contributed by atoms with Gasteiger partial charge in [-0.05, 0) is 12.8 Å². The number of esters is 1. The fraction of sp³-hybridized carbons (Fsp3) is 0.923. The van der Waals surface area contributed by atoms with Crippen LogP contribution in [0.1, 0.15) is 58.3 Å². The molecule has 17 heavy (non-hydrogen) atoms. The minimum absolute atomic E-state index is 0.166. The van der Waals surface area contributed by atoms with Gasteiger partial charge in [-0.1, -0.05) is 70.4 Å². The van der Waals surface area contributed by atoms with Crippen LogP contribution in [0.3, 0.4) is 0 Å². The van der Waals surface area contributed by atoms with Gasteiger partial charge in [0, 0.05) is 17.1 Å². The molecule has 0 heterocycles. The van der Waals surface area contributed by atoms with E-state index in [-0.39, 0.29) is 5.97 Å². The molecular formula is C13H24Br2O2. The Hall–Kier alpha value is 0.430. The maximum atomic E-state index is 10.5. The zero-order valence-electron chi connectivity index (χ0n) is 10.7. The predicted molar refractivity (Wildman–Crippen MR) is 80.1 cm³/mol. The topological polar surface area (TPSA) is 26.3 Å². The Morgan fingerprint density at radius 2 is 1.59 bits per heavy atom. The summed E-state index contributed by atoms with van der Waals surface area (Å²) < 4.78 is 4.88. The molecule has 0 rings (SSSR count). The van der Waals surface area contributed by atoms with Crippen molar-refractivity contribution in [3.8, 4) is 0 Å². The maximum Gasteiger partial charge on any atom is 0.302 e. The van der Waals surface area contributed by atoms with Crippen LogP contribution in [0.25, 0.3) is 0 Å². The van der Waals surface area contributed by atoms with E-state index in [0.29, 0.717) is 11.4 Å². The second-order valence-electron chi connectivity index (χ2n) is 4.36. The highest BCUT2D eigenvalue weighted by molar-refractivity contribution is 9.12. The third kappa shape index (κ3) is 14.4. The van der Waals surface area contributed by atoms with Crippen LogP contribution in [0.15, 0.2) is 0 Å². The molecule has 0 aliphatic carbocycles. The molecule has 2 nitrogen and oxygen atoms in total. The third-order valence-corrected chi connectivity index (χ3v) is 5.07. The molecule has 4 heteroatoms. The molecule has 0 aromatic carbocycles. The Morgan fingerprint density at radius 1 is 1.06 bits per heavy atom. The Morgan fingerprint density at radius 3 is 2.12 bits per heavy atom. The summed E-state index contributed by atoms with van der Waals surface area (Å²) in [7, 11) is 0. The van der Waals surface area contributed by atoms with Crippen LogP contribution in [0, 0.1) is 0 Å². The Labute approximate surface area is 122 Å². The first-order chi connectivity index (χ1) is 8.16. The van der Waals surface area contributed by atoms with Crippen LogP contribution in [-0.2, 0) is 9.53 Å². The molecule has 0 spiro atoms. The van der Waals surface area contributed by atoms with Crippen LogP contribution in [-0.4, -0.2) is 22.7 Å². The lowest BCUT2D eigenvalue weighted by molar-refractivity contribution is -0.141. The smallest absolute Gasteiger partial charge is 0.302 e. The lowest BCUT2D eigenvalue weighted by atomic mass is 10.1. The number of carbonyl (C=O) groups excluding carboxylic acids is 1. The van der Waals surface area contributed by atoms with Crippen molar-refractivity contribution >= 4 is 37.8 Å². The van der Waals surface area contributed by atoms with E-state index in [0.717, 1.165) is 11.8 Å². The molecule has 1 atom stereocenters. The van der Waals surface area contributed by atoms with Crippen molar-refractivity contribution < 1.29 is 9.53 Å². The van der Waals surface area contributed by atoms with E-state index in [9.17, 15) is 4.79 Å². The summed E-state index contributed by atoms with van der Waals surface area (Å²) >= 11 is 7.07. The van der Waals surface area contributed by atoms with Crippen LogP contribution in [0.4, 0.5) is 0 Å². The van der Waals surface area contributed by atoms with Gasteiger partial charge >= 0.3 is 5.97 Å². The van der Waals surface area contributed by atoms with E-state index in [1.165, 1.54) is 51.9 Å². The molecule has 0 aromatic heterocycles. The van der Waals surface area contributed by atoms with E-state index in [4.69, 9.17) is 4.74 Å². The molecule has 102 valence electrons. The number of halogens is 2. The summed E-state index contributed by atoms with van der Waals surface area (Å²) in [5.41, 5.74) is 0. The van der Waals surface area contributed by atoms with Crippen molar-refractivity contribution in [2.24, 2.45) is 0 Å². The van der Waals surface area contributed by atoms with E-state index in [1.54, 1.807) is 0 Å². The third-order valence-electron chi connectivity index (χ3n) is 2.63. The normalized spacial score (nSPS) is 12.4. The largest absolute Gasteiger partial charge is 0.466 e. The zero-order valence-corrected chi connectivity index (χ0v) is 13.9. The van der Waals surface area contributed by atoms with Crippen molar-refractivity contribution in [2.75, 3.05) is 11.9 Å². The Kier molecular flexibility index (Phi) is 13.2. The number of rotatable bonds is 11. The second-order valence-corrected chi connectivity index (χ2v) is 6.30. The number of carbonyl (C=O) groups is 1. The first-order valence-electron chi connectivity index (χ1n) is 6.50. The van der Waals surface area contributed by atoms with Gasteiger partial charge in [0.15, 0.2) is 0 Å². The highest BCUT2D eigenvalue weighted by atomic mass is 79.9. The predicted octanol–water partition coefficient (Wildman–Crippen LogP) is 4.83. The lowest BCUT2D eigenvalue weighted by Crippen LogP contribution is -2.00. The van der Waals surface area contributed by atoms with Gasteiger partial charge in [-0.25, -0.2) is 0 Å². The van der Waals surface area contributed by atoms with Gasteiger partial charge in [0.05, 0.1) is 6.61 Å². The van der Waals surface area contributed by atoms with Crippen molar-refractivity contribution in [1.29, 1.82) is 0 Å². The van der Waals surface area contributed by atoms with E-state index >= 15 is 0 Å². The summed E-state index contributed by atoms with van der Waals surface area (Å²) in [6.07, 6.45) is 9.99.